The van der Waals surface area contributed by atoms with E-state index in [0.717, 1.165) is 5.56 Å². The number of hydrogen-bond acceptors (Lipinski definition) is 6. The third-order valence-electron chi connectivity index (χ3n) is 5.11. The second-order valence-corrected chi connectivity index (χ2v) is 7.69. The fraction of sp³-hybridized carbons (Fsp3) is 0.179. The minimum atomic E-state index is -0.367. The van der Waals surface area contributed by atoms with Crippen LogP contribution in [0, 0.1) is 5.82 Å². The molecular formula is C28H26FN3O4. The third kappa shape index (κ3) is 6.35. The predicted molar refractivity (Wildman–Crippen MR) is 134 cm³/mol. The van der Waals surface area contributed by atoms with Gasteiger partial charge in [-0.15, -0.1) is 0 Å². The summed E-state index contributed by atoms with van der Waals surface area (Å²) >= 11 is 0. The molecule has 3 aromatic carbocycles. The molecule has 0 aliphatic rings. The first-order valence-electron chi connectivity index (χ1n) is 11.6. The average Bonchev–Trinajstić information content (AvgIpc) is 2.89. The number of hydrogen-bond donors (Lipinski definition) is 1. The first-order chi connectivity index (χ1) is 17.6. The summed E-state index contributed by atoms with van der Waals surface area (Å²) in [4.78, 5) is 21.2. The molecule has 7 nitrogen and oxygen atoms in total. The molecule has 36 heavy (non-hydrogen) atoms. The van der Waals surface area contributed by atoms with E-state index in [1.807, 2.05) is 32.0 Å². The van der Waals surface area contributed by atoms with Gasteiger partial charge in [-0.25, -0.2) is 9.37 Å². The van der Waals surface area contributed by atoms with Crippen molar-refractivity contribution >= 4 is 5.91 Å². The van der Waals surface area contributed by atoms with Gasteiger partial charge in [-0.05, 0) is 67.9 Å². The first kappa shape index (κ1) is 24.7. The fourth-order valence-corrected chi connectivity index (χ4v) is 3.45. The Hall–Kier alpha value is -4.46. The standard InChI is InChI=1S/C28H26FN3O4/c1-3-34-24-13-8-19(16-25(24)35-4-2)18-31-28(33)20-9-11-23(12-10-20)36-26-14-15-30-27(32-26)21-6-5-7-22(29)17-21/h5-17H,3-4,18H2,1-2H3,(H,31,33). The lowest BCUT2D eigenvalue weighted by Gasteiger charge is -2.13. The molecule has 0 spiro atoms. The molecule has 8 heteroatoms. The molecule has 4 rings (SSSR count). The summed E-state index contributed by atoms with van der Waals surface area (Å²) < 4.78 is 30.5. The highest BCUT2D eigenvalue weighted by Crippen LogP contribution is 2.28. The fourth-order valence-electron chi connectivity index (χ4n) is 3.45. The van der Waals surface area contributed by atoms with Crippen LogP contribution in [-0.4, -0.2) is 29.1 Å². The lowest BCUT2D eigenvalue weighted by Crippen LogP contribution is -2.22. The number of nitrogens with zero attached hydrogens (tertiary/aromatic N) is 2. The molecule has 0 aliphatic carbocycles. The minimum Gasteiger partial charge on any atom is -0.490 e. The molecule has 0 unspecified atom stereocenters. The van der Waals surface area contributed by atoms with Gasteiger partial charge in [0.25, 0.3) is 5.91 Å². The molecule has 184 valence electrons. The first-order valence-corrected chi connectivity index (χ1v) is 11.6. The molecule has 0 aliphatic heterocycles. The molecule has 0 saturated carbocycles. The van der Waals surface area contributed by atoms with Crippen LogP contribution in [0.5, 0.6) is 23.1 Å². The number of carbonyl (C=O) groups excluding carboxylic acids is 1. The zero-order valence-electron chi connectivity index (χ0n) is 20.0. The Balaban J connectivity index is 1.37. The third-order valence-corrected chi connectivity index (χ3v) is 5.11. The van der Waals surface area contributed by atoms with Crippen molar-refractivity contribution in [2.45, 2.75) is 20.4 Å². The highest BCUT2D eigenvalue weighted by molar-refractivity contribution is 5.94. The summed E-state index contributed by atoms with van der Waals surface area (Å²) in [5.74, 6) is 1.90. The zero-order valence-corrected chi connectivity index (χ0v) is 20.0. The van der Waals surface area contributed by atoms with Gasteiger partial charge in [0.2, 0.25) is 5.88 Å². The van der Waals surface area contributed by atoms with Gasteiger partial charge >= 0.3 is 0 Å². The minimum absolute atomic E-state index is 0.219. The number of nitrogens with one attached hydrogen (secondary N) is 1. The summed E-state index contributed by atoms with van der Waals surface area (Å²) in [6, 6.07) is 20.0. The second kappa shape index (κ2) is 11.8. The SMILES string of the molecule is CCOc1ccc(CNC(=O)c2ccc(Oc3ccnc(-c4cccc(F)c4)n3)cc2)cc1OCC. The lowest BCUT2D eigenvalue weighted by molar-refractivity contribution is 0.0951. The molecule has 0 radical (unpaired) electrons. The molecule has 0 atom stereocenters. The highest BCUT2D eigenvalue weighted by Gasteiger charge is 2.10. The van der Waals surface area contributed by atoms with Gasteiger partial charge in [0.05, 0.1) is 13.2 Å². The molecule has 4 aromatic rings. The van der Waals surface area contributed by atoms with Crippen molar-refractivity contribution in [2.24, 2.45) is 0 Å². The number of benzene rings is 3. The van der Waals surface area contributed by atoms with Gasteiger partial charge in [0, 0.05) is 29.9 Å². The number of carbonyl (C=O) groups is 1. The van der Waals surface area contributed by atoms with E-state index >= 15 is 0 Å². The maximum Gasteiger partial charge on any atom is 0.251 e. The van der Waals surface area contributed by atoms with Crippen molar-refractivity contribution in [1.82, 2.24) is 15.3 Å². The van der Waals surface area contributed by atoms with E-state index < -0.39 is 0 Å². The normalized spacial score (nSPS) is 10.5. The van der Waals surface area contributed by atoms with Crippen molar-refractivity contribution in [3.8, 4) is 34.5 Å². The van der Waals surface area contributed by atoms with Gasteiger partial charge in [0.15, 0.2) is 17.3 Å². The van der Waals surface area contributed by atoms with Gasteiger partial charge in [-0.2, -0.15) is 4.98 Å². The number of halogens is 1. The van der Waals surface area contributed by atoms with Crippen molar-refractivity contribution in [3.63, 3.8) is 0 Å². The number of aromatic nitrogens is 2. The lowest BCUT2D eigenvalue weighted by atomic mass is 10.1. The van der Waals surface area contributed by atoms with Crippen molar-refractivity contribution < 1.29 is 23.4 Å². The van der Waals surface area contributed by atoms with E-state index in [9.17, 15) is 9.18 Å². The van der Waals surface area contributed by atoms with Crippen LogP contribution in [0.2, 0.25) is 0 Å². The summed E-state index contributed by atoms with van der Waals surface area (Å²) in [6.45, 7) is 5.23. The summed E-state index contributed by atoms with van der Waals surface area (Å²) in [6.07, 6.45) is 1.54. The Morgan fingerprint density at radius 1 is 0.917 bits per heavy atom. The number of amides is 1. The van der Waals surface area contributed by atoms with Crippen molar-refractivity contribution in [3.05, 3.63) is 95.9 Å². The van der Waals surface area contributed by atoms with Gasteiger partial charge in [-0.1, -0.05) is 18.2 Å². The van der Waals surface area contributed by atoms with Gasteiger partial charge in [-0.3, -0.25) is 4.79 Å². The summed E-state index contributed by atoms with van der Waals surface area (Å²) in [7, 11) is 0. The van der Waals surface area contributed by atoms with Crippen LogP contribution < -0.4 is 19.5 Å². The summed E-state index contributed by atoms with van der Waals surface area (Å²) in [5, 5.41) is 2.91. The van der Waals surface area contributed by atoms with Crippen molar-refractivity contribution in [1.29, 1.82) is 0 Å². The van der Waals surface area contributed by atoms with Gasteiger partial charge < -0.3 is 19.5 Å². The van der Waals surface area contributed by atoms with E-state index in [0.29, 0.717) is 59.8 Å². The smallest absolute Gasteiger partial charge is 0.251 e. The van der Waals surface area contributed by atoms with Crippen LogP contribution in [0.1, 0.15) is 29.8 Å². The predicted octanol–water partition coefficient (Wildman–Crippen LogP) is 5.80. The monoisotopic (exact) mass is 487 g/mol. The Bertz CT molecular complexity index is 1330. The zero-order chi connectivity index (χ0) is 25.3. The van der Waals surface area contributed by atoms with E-state index in [1.54, 1.807) is 48.7 Å². The molecule has 1 amide bonds. The Morgan fingerprint density at radius 2 is 1.69 bits per heavy atom. The van der Waals surface area contributed by atoms with Crippen LogP contribution in [0.3, 0.4) is 0 Å². The van der Waals surface area contributed by atoms with Crippen LogP contribution in [0.15, 0.2) is 79.0 Å². The van der Waals surface area contributed by atoms with E-state index in [1.165, 1.54) is 12.1 Å². The van der Waals surface area contributed by atoms with Crippen LogP contribution in [0.25, 0.3) is 11.4 Å². The second-order valence-electron chi connectivity index (χ2n) is 7.69. The van der Waals surface area contributed by atoms with Crippen molar-refractivity contribution in [2.75, 3.05) is 13.2 Å². The maximum atomic E-state index is 13.5. The number of rotatable bonds is 10. The maximum absolute atomic E-state index is 13.5. The Labute approximate surface area is 208 Å². The van der Waals surface area contributed by atoms with Gasteiger partial charge in [0.1, 0.15) is 11.6 Å². The topological polar surface area (TPSA) is 82.6 Å². The molecular weight excluding hydrogens is 461 g/mol. The highest BCUT2D eigenvalue weighted by atomic mass is 19.1. The molecule has 0 bridgehead atoms. The average molecular weight is 488 g/mol. The van der Waals surface area contributed by atoms with E-state index in [2.05, 4.69) is 15.3 Å². The van der Waals surface area contributed by atoms with Crippen LogP contribution in [0.4, 0.5) is 4.39 Å². The molecule has 1 N–H and O–H groups in total. The number of ether oxygens (including phenoxy) is 3. The van der Waals surface area contributed by atoms with Crippen LogP contribution in [-0.2, 0) is 6.54 Å². The van der Waals surface area contributed by atoms with Crippen LogP contribution >= 0.6 is 0 Å². The van der Waals surface area contributed by atoms with E-state index in [-0.39, 0.29) is 11.7 Å². The summed E-state index contributed by atoms with van der Waals surface area (Å²) in [5.41, 5.74) is 1.93. The Morgan fingerprint density at radius 3 is 2.44 bits per heavy atom. The van der Waals surface area contributed by atoms with E-state index in [4.69, 9.17) is 14.2 Å². The molecule has 0 fully saturated rings. The largest absolute Gasteiger partial charge is 0.490 e. The molecule has 1 heterocycles. The molecule has 0 saturated heterocycles. The molecule has 1 aromatic heterocycles. The Kier molecular flexibility index (Phi) is 8.08. The quantitative estimate of drug-likeness (QED) is 0.304.